The van der Waals surface area contributed by atoms with Gasteiger partial charge >= 0.3 is 0 Å². The van der Waals surface area contributed by atoms with E-state index in [1.54, 1.807) is 12.1 Å². The van der Waals surface area contributed by atoms with Crippen molar-refractivity contribution in [3.05, 3.63) is 29.8 Å². The lowest BCUT2D eigenvalue weighted by atomic mass is 10.1. The summed E-state index contributed by atoms with van der Waals surface area (Å²) in [5, 5.41) is 0. The van der Waals surface area contributed by atoms with Gasteiger partial charge in [-0.15, -0.1) is 5.92 Å². The quantitative estimate of drug-likeness (QED) is 0.522. The van der Waals surface area contributed by atoms with Crippen LogP contribution in [0.1, 0.15) is 57.4 Å². The van der Waals surface area contributed by atoms with Crippen molar-refractivity contribution in [2.24, 2.45) is 0 Å². The topological polar surface area (TPSA) is 34.1 Å². The molecule has 3 heteroatoms. The Morgan fingerprint density at radius 1 is 0.905 bits per heavy atom. The van der Waals surface area contributed by atoms with E-state index in [0.29, 0.717) is 4.90 Å². The van der Waals surface area contributed by atoms with Crippen LogP contribution in [0.15, 0.2) is 29.2 Å². The van der Waals surface area contributed by atoms with E-state index < -0.39 is 9.84 Å². The van der Waals surface area contributed by atoms with E-state index in [2.05, 4.69) is 18.8 Å². The molecular formula is C18H26O2S. The van der Waals surface area contributed by atoms with Crippen LogP contribution in [-0.2, 0) is 9.84 Å². The van der Waals surface area contributed by atoms with Gasteiger partial charge in [-0.25, -0.2) is 8.42 Å². The highest BCUT2D eigenvalue weighted by Crippen LogP contribution is 2.11. The SMILES string of the molecule is CCCCCCCCC#CCS(=O)(=O)c1ccc(C)cc1. The van der Waals surface area contributed by atoms with E-state index in [0.717, 1.165) is 18.4 Å². The highest BCUT2D eigenvalue weighted by molar-refractivity contribution is 7.91. The fraction of sp³-hybridized carbons (Fsp3) is 0.556. The van der Waals surface area contributed by atoms with Crippen molar-refractivity contribution in [3.63, 3.8) is 0 Å². The lowest BCUT2D eigenvalue weighted by molar-refractivity contribution is 0.599. The molecule has 0 fully saturated rings. The summed E-state index contributed by atoms with van der Waals surface area (Å²) in [4.78, 5) is 0.363. The maximum atomic E-state index is 12.0. The molecule has 2 nitrogen and oxygen atoms in total. The minimum absolute atomic E-state index is 0.0775. The molecule has 0 amide bonds. The van der Waals surface area contributed by atoms with Gasteiger partial charge in [0.2, 0.25) is 0 Å². The second kappa shape index (κ2) is 9.63. The summed E-state index contributed by atoms with van der Waals surface area (Å²) in [6.45, 7) is 4.15. The molecule has 0 saturated carbocycles. The Balaban J connectivity index is 2.31. The van der Waals surface area contributed by atoms with Gasteiger partial charge in [0.1, 0.15) is 5.75 Å². The van der Waals surface area contributed by atoms with Gasteiger partial charge in [0.05, 0.1) is 4.90 Å². The molecule has 0 saturated heterocycles. The normalized spacial score (nSPS) is 11.0. The van der Waals surface area contributed by atoms with Crippen LogP contribution in [0.4, 0.5) is 0 Å². The summed E-state index contributed by atoms with van der Waals surface area (Å²) in [6, 6.07) is 6.94. The fourth-order valence-corrected chi connectivity index (χ4v) is 3.07. The molecule has 21 heavy (non-hydrogen) atoms. The third-order valence-corrected chi connectivity index (χ3v) is 4.94. The van der Waals surface area contributed by atoms with Crippen LogP contribution < -0.4 is 0 Å². The summed E-state index contributed by atoms with van der Waals surface area (Å²) >= 11 is 0. The summed E-state index contributed by atoms with van der Waals surface area (Å²) in [5.74, 6) is 5.71. The Morgan fingerprint density at radius 3 is 2.19 bits per heavy atom. The van der Waals surface area contributed by atoms with Gasteiger partial charge in [0, 0.05) is 6.42 Å². The van der Waals surface area contributed by atoms with Crippen LogP contribution in [0.5, 0.6) is 0 Å². The lowest BCUT2D eigenvalue weighted by Crippen LogP contribution is -2.04. The Labute approximate surface area is 129 Å². The molecular weight excluding hydrogens is 280 g/mol. The molecule has 0 aliphatic heterocycles. The van der Waals surface area contributed by atoms with E-state index in [4.69, 9.17) is 0 Å². The van der Waals surface area contributed by atoms with Crippen molar-refractivity contribution < 1.29 is 8.42 Å². The lowest BCUT2D eigenvalue weighted by Gasteiger charge is -2.00. The van der Waals surface area contributed by atoms with E-state index >= 15 is 0 Å². The van der Waals surface area contributed by atoms with Gasteiger partial charge in [-0.05, 0) is 25.5 Å². The Kier molecular flexibility index (Phi) is 8.15. The van der Waals surface area contributed by atoms with Crippen LogP contribution in [-0.4, -0.2) is 14.2 Å². The molecule has 1 aromatic rings. The van der Waals surface area contributed by atoms with Crippen LogP contribution in [0, 0.1) is 18.8 Å². The Hall–Kier alpha value is -1.27. The maximum absolute atomic E-state index is 12.0. The van der Waals surface area contributed by atoms with Gasteiger partial charge in [-0.1, -0.05) is 62.6 Å². The van der Waals surface area contributed by atoms with Gasteiger partial charge in [-0.3, -0.25) is 0 Å². The number of unbranched alkanes of at least 4 members (excludes halogenated alkanes) is 6. The Bertz CT molecular complexity index is 559. The van der Waals surface area contributed by atoms with Crippen molar-refractivity contribution in [2.75, 3.05) is 5.75 Å². The monoisotopic (exact) mass is 306 g/mol. The van der Waals surface area contributed by atoms with Crippen LogP contribution in [0.3, 0.4) is 0 Å². The molecule has 0 atom stereocenters. The van der Waals surface area contributed by atoms with E-state index in [9.17, 15) is 8.42 Å². The zero-order valence-electron chi connectivity index (χ0n) is 13.2. The summed E-state index contributed by atoms with van der Waals surface area (Å²) in [7, 11) is -3.26. The van der Waals surface area contributed by atoms with Crippen molar-refractivity contribution in [3.8, 4) is 11.8 Å². The minimum Gasteiger partial charge on any atom is -0.223 e. The number of hydrogen-bond acceptors (Lipinski definition) is 2. The number of benzene rings is 1. The van der Waals surface area contributed by atoms with E-state index in [-0.39, 0.29) is 5.75 Å². The summed E-state index contributed by atoms with van der Waals surface area (Å²) in [6.07, 6.45) is 8.19. The zero-order valence-corrected chi connectivity index (χ0v) is 14.0. The van der Waals surface area contributed by atoms with Gasteiger partial charge in [0.25, 0.3) is 0 Å². The molecule has 0 heterocycles. The molecule has 1 aromatic carbocycles. The fourth-order valence-electron chi connectivity index (χ4n) is 2.06. The summed E-state index contributed by atoms with van der Waals surface area (Å²) in [5.41, 5.74) is 1.06. The van der Waals surface area contributed by atoms with Gasteiger partial charge < -0.3 is 0 Å². The third-order valence-electron chi connectivity index (χ3n) is 3.42. The zero-order chi connectivity index (χ0) is 15.6. The van der Waals surface area contributed by atoms with Crippen LogP contribution in [0.2, 0.25) is 0 Å². The average Bonchev–Trinajstić information content (AvgIpc) is 2.46. The molecule has 0 bridgehead atoms. The smallest absolute Gasteiger partial charge is 0.189 e. The second-order valence-electron chi connectivity index (χ2n) is 5.44. The van der Waals surface area contributed by atoms with Crippen LogP contribution in [0.25, 0.3) is 0 Å². The Morgan fingerprint density at radius 2 is 1.52 bits per heavy atom. The highest BCUT2D eigenvalue weighted by Gasteiger charge is 2.11. The second-order valence-corrected chi connectivity index (χ2v) is 7.43. The predicted molar refractivity (Wildman–Crippen MR) is 89.0 cm³/mol. The number of hydrogen-bond donors (Lipinski definition) is 0. The first-order chi connectivity index (χ1) is 10.1. The first-order valence-electron chi connectivity index (χ1n) is 7.81. The van der Waals surface area contributed by atoms with Crippen LogP contribution >= 0.6 is 0 Å². The molecule has 116 valence electrons. The number of rotatable bonds is 8. The molecule has 0 unspecified atom stereocenters. The number of aryl methyl sites for hydroxylation is 1. The average molecular weight is 306 g/mol. The van der Waals surface area contributed by atoms with Gasteiger partial charge in [0.15, 0.2) is 9.84 Å². The van der Waals surface area contributed by atoms with Crippen molar-refractivity contribution in [1.29, 1.82) is 0 Å². The molecule has 0 N–H and O–H groups in total. The van der Waals surface area contributed by atoms with Crippen molar-refractivity contribution in [2.45, 2.75) is 63.7 Å². The van der Waals surface area contributed by atoms with Crippen molar-refractivity contribution in [1.82, 2.24) is 0 Å². The van der Waals surface area contributed by atoms with E-state index in [1.807, 2.05) is 19.1 Å². The predicted octanol–water partition coefficient (Wildman–Crippen LogP) is 4.52. The molecule has 0 aromatic heterocycles. The minimum atomic E-state index is -3.26. The molecule has 0 spiro atoms. The van der Waals surface area contributed by atoms with Gasteiger partial charge in [-0.2, -0.15) is 0 Å². The maximum Gasteiger partial charge on any atom is 0.189 e. The first kappa shape index (κ1) is 17.8. The van der Waals surface area contributed by atoms with Crippen molar-refractivity contribution >= 4 is 9.84 Å². The molecule has 0 aliphatic carbocycles. The molecule has 0 radical (unpaired) electrons. The standard InChI is InChI=1S/C18H26O2S/c1-3-4-5-6-7-8-9-10-11-16-21(19,20)18-14-12-17(2)13-15-18/h12-15H,3-9,16H2,1-2H3. The highest BCUT2D eigenvalue weighted by atomic mass is 32.2. The largest absolute Gasteiger partial charge is 0.223 e. The van der Waals surface area contributed by atoms with E-state index in [1.165, 1.54) is 32.1 Å². The summed E-state index contributed by atoms with van der Waals surface area (Å²) < 4.78 is 24.1. The third kappa shape index (κ3) is 7.34. The first-order valence-corrected chi connectivity index (χ1v) is 9.46. The number of sulfone groups is 1. The molecule has 1 rings (SSSR count). The molecule has 0 aliphatic rings.